The number of urea groups is 1. The van der Waals surface area contributed by atoms with E-state index < -0.39 is 0 Å². The number of thiazole rings is 1. The Labute approximate surface area is 208 Å². The van der Waals surface area contributed by atoms with E-state index >= 15 is 0 Å². The number of pyridine rings is 1. The molecule has 0 radical (unpaired) electrons. The number of carbonyl (C=O) groups excluding carboxylic acids is 2. The molecule has 3 saturated heterocycles. The smallest absolute Gasteiger partial charge is 0.327 e. The maximum atomic E-state index is 13.2. The number of carbonyl (C=O) groups is 2. The van der Waals surface area contributed by atoms with Crippen molar-refractivity contribution >= 4 is 39.8 Å². The zero-order chi connectivity index (χ0) is 24.0. The lowest BCUT2D eigenvalue weighted by molar-refractivity contribution is 0.102. The number of hydrogen-bond acceptors (Lipinski definition) is 7. The van der Waals surface area contributed by atoms with Crippen LogP contribution in [0.3, 0.4) is 0 Å². The van der Waals surface area contributed by atoms with E-state index in [4.69, 9.17) is 0 Å². The maximum Gasteiger partial charge on any atom is 0.327 e. The predicted molar refractivity (Wildman–Crippen MR) is 137 cm³/mol. The van der Waals surface area contributed by atoms with Crippen LogP contribution in [0.2, 0.25) is 0 Å². The number of aromatic nitrogens is 2. The van der Waals surface area contributed by atoms with E-state index in [9.17, 15) is 9.59 Å². The molecular formula is C25H29N7O2S. The average molecular weight is 492 g/mol. The standard InChI is InChI=1S/C25H29N7O2S/c1-30-20-5-2-3-6-21(20)32(24(30)34)23-29-18(14-35-23)22(33)28-17-13-26-10-7-19(17)31-12-4-8-25(16-31)9-11-27-15-25/h2-3,5-7,10,13-14,20-21,27H,4,8-9,11-12,15-16H2,1H3,(H,28,33). The summed E-state index contributed by atoms with van der Waals surface area (Å²) in [6.45, 7) is 4.06. The molecule has 3 atom stereocenters. The third-order valence-corrected chi connectivity index (χ3v) is 8.48. The largest absolute Gasteiger partial charge is 0.369 e. The molecule has 4 aliphatic rings. The Balaban J connectivity index is 1.20. The van der Waals surface area contributed by atoms with Crippen LogP contribution in [0.15, 0.2) is 48.1 Å². The topological polar surface area (TPSA) is 93.7 Å². The summed E-state index contributed by atoms with van der Waals surface area (Å²) in [5.41, 5.74) is 2.28. The van der Waals surface area contributed by atoms with Crippen molar-refractivity contribution in [2.24, 2.45) is 5.41 Å². The Hall–Kier alpha value is -3.24. The molecule has 6 rings (SSSR count). The Bertz CT molecular complexity index is 1200. The second-order valence-electron chi connectivity index (χ2n) is 9.83. The minimum Gasteiger partial charge on any atom is -0.369 e. The number of hydrogen-bond donors (Lipinski definition) is 2. The first kappa shape index (κ1) is 22.2. The molecule has 2 aromatic rings. The van der Waals surface area contributed by atoms with Gasteiger partial charge in [0.15, 0.2) is 5.13 Å². The summed E-state index contributed by atoms with van der Waals surface area (Å²) in [7, 11) is 1.79. The van der Waals surface area contributed by atoms with Gasteiger partial charge in [0, 0.05) is 43.7 Å². The van der Waals surface area contributed by atoms with E-state index in [1.54, 1.807) is 34.6 Å². The van der Waals surface area contributed by atoms with E-state index in [0.29, 0.717) is 21.9 Å². The number of fused-ring (bicyclic) bond motifs is 1. The van der Waals surface area contributed by atoms with Crippen LogP contribution >= 0.6 is 11.3 Å². The maximum absolute atomic E-state index is 13.2. The van der Waals surface area contributed by atoms with Crippen LogP contribution in [0.5, 0.6) is 0 Å². The molecule has 1 aliphatic carbocycles. The number of anilines is 3. The molecule has 35 heavy (non-hydrogen) atoms. The summed E-state index contributed by atoms with van der Waals surface area (Å²) < 4.78 is 0. The van der Waals surface area contributed by atoms with Crippen LogP contribution in [0, 0.1) is 5.41 Å². The van der Waals surface area contributed by atoms with Gasteiger partial charge in [-0.15, -0.1) is 11.3 Å². The van der Waals surface area contributed by atoms with Crippen molar-refractivity contribution in [3.63, 3.8) is 0 Å². The zero-order valence-corrected chi connectivity index (χ0v) is 20.5. The summed E-state index contributed by atoms with van der Waals surface area (Å²) >= 11 is 1.31. The fourth-order valence-electron chi connectivity index (χ4n) is 5.80. The molecule has 5 heterocycles. The zero-order valence-electron chi connectivity index (χ0n) is 19.7. The van der Waals surface area contributed by atoms with E-state index in [1.165, 1.54) is 24.2 Å². The molecule has 10 heteroatoms. The van der Waals surface area contributed by atoms with E-state index in [1.807, 2.05) is 30.4 Å². The summed E-state index contributed by atoms with van der Waals surface area (Å²) in [6, 6.07) is 1.70. The Kier molecular flexibility index (Phi) is 5.57. The van der Waals surface area contributed by atoms with Gasteiger partial charge in [-0.25, -0.2) is 9.78 Å². The summed E-state index contributed by atoms with van der Waals surface area (Å²) in [4.78, 5) is 40.7. The third-order valence-electron chi connectivity index (χ3n) is 7.64. The van der Waals surface area contributed by atoms with Crippen LogP contribution in [-0.2, 0) is 0 Å². The number of nitrogens with zero attached hydrogens (tertiary/aromatic N) is 5. The molecule has 182 valence electrons. The van der Waals surface area contributed by atoms with Crippen LogP contribution in [0.25, 0.3) is 0 Å². The predicted octanol–water partition coefficient (Wildman–Crippen LogP) is 3.11. The van der Waals surface area contributed by atoms with Gasteiger partial charge in [-0.05, 0) is 31.9 Å². The highest BCUT2D eigenvalue weighted by molar-refractivity contribution is 7.14. The lowest BCUT2D eigenvalue weighted by atomic mass is 9.79. The number of rotatable bonds is 4. The van der Waals surface area contributed by atoms with Gasteiger partial charge in [-0.1, -0.05) is 24.3 Å². The van der Waals surface area contributed by atoms with E-state index in [-0.39, 0.29) is 24.0 Å². The summed E-state index contributed by atoms with van der Waals surface area (Å²) in [5.74, 6) is -0.299. The molecule has 1 spiro atoms. The van der Waals surface area contributed by atoms with Gasteiger partial charge < -0.3 is 20.4 Å². The third kappa shape index (κ3) is 3.90. The Morgan fingerprint density at radius 2 is 2.11 bits per heavy atom. The first-order valence-corrected chi connectivity index (χ1v) is 13.0. The van der Waals surface area contributed by atoms with Crippen LogP contribution < -0.4 is 20.4 Å². The fraction of sp³-hybridized carbons (Fsp3) is 0.440. The molecule has 3 unspecified atom stereocenters. The molecule has 2 N–H and O–H groups in total. The number of likely N-dealkylation sites (N-methyl/N-ethyl adjacent to an activating group) is 1. The van der Waals surface area contributed by atoms with Gasteiger partial charge in [0.05, 0.1) is 29.7 Å². The van der Waals surface area contributed by atoms with Gasteiger partial charge in [0.2, 0.25) is 0 Å². The van der Waals surface area contributed by atoms with Crippen LogP contribution in [0.1, 0.15) is 29.8 Å². The quantitative estimate of drug-likeness (QED) is 0.683. The SMILES string of the molecule is CN1C(=O)N(c2nc(C(=O)Nc3cnccc3N3CCCC4(CCNC4)C3)cs2)C2C=CC=CC21. The molecule has 9 nitrogen and oxygen atoms in total. The van der Waals surface area contributed by atoms with Gasteiger partial charge >= 0.3 is 6.03 Å². The van der Waals surface area contributed by atoms with E-state index in [2.05, 4.69) is 25.5 Å². The minimum absolute atomic E-state index is 0.0328. The molecule has 3 aliphatic heterocycles. The Morgan fingerprint density at radius 1 is 1.26 bits per heavy atom. The molecule has 2 aromatic heterocycles. The lowest BCUT2D eigenvalue weighted by Crippen LogP contribution is -2.44. The van der Waals surface area contributed by atoms with Crippen molar-refractivity contribution in [1.29, 1.82) is 0 Å². The van der Waals surface area contributed by atoms with Crippen molar-refractivity contribution in [3.8, 4) is 0 Å². The van der Waals surface area contributed by atoms with Crippen LogP contribution in [-0.4, -0.2) is 72.1 Å². The molecule has 3 amide bonds. The van der Waals surface area contributed by atoms with Gasteiger partial charge in [0.1, 0.15) is 5.69 Å². The molecule has 0 saturated carbocycles. The minimum atomic E-state index is -0.299. The van der Waals surface area contributed by atoms with Crippen molar-refractivity contribution in [2.45, 2.75) is 31.3 Å². The molecular weight excluding hydrogens is 462 g/mol. The van der Waals surface area contributed by atoms with Crippen LogP contribution in [0.4, 0.5) is 21.3 Å². The normalized spacial score (nSPS) is 27.7. The van der Waals surface area contributed by atoms with Crippen molar-refractivity contribution in [1.82, 2.24) is 20.2 Å². The molecule has 0 bridgehead atoms. The van der Waals surface area contributed by atoms with Gasteiger partial charge in [-0.2, -0.15) is 0 Å². The second kappa shape index (κ2) is 8.76. The number of nitrogens with one attached hydrogen (secondary N) is 2. The molecule has 3 fully saturated rings. The summed E-state index contributed by atoms with van der Waals surface area (Å²) in [5, 5.41) is 8.78. The fourth-order valence-corrected chi connectivity index (χ4v) is 6.64. The lowest BCUT2D eigenvalue weighted by Gasteiger charge is -2.41. The highest BCUT2D eigenvalue weighted by Gasteiger charge is 2.44. The van der Waals surface area contributed by atoms with E-state index in [0.717, 1.165) is 38.3 Å². The van der Waals surface area contributed by atoms with Crippen molar-refractivity contribution in [3.05, 3.63) is 53.8 Å². The van der Waals surface area contributed by atoms with Gasteiger partial charge in [-0.3, -0.25) is 14.7 Å². The monoisotopic (exact) mass is 491 g/mol. The second-order valence-corrected chi connectivity index (χ2v) is 10.7. The first-order chi connectivity index (χ1) is 17.0. The Morgan fingerprint density at radius 3 is 2.94 bits per heavy atom. The number of piperidine rings is 1. The molecule has 0 aromatic carbocycles. The average Bonchev–Trinajstić information content (AvgIpc) is 3.59. The highest BCUT2D eigenvalue weighted by atomic mass is 32.1. The number of allylic oxidation sites excluding steroid dienone is 2. The summed E-state index contributed by atoms with van der Waals surface area (Å²) in [6.07, 6.45) is 15.0. The first-order valence-electron chi connectivity index (χ1n) is 12.1. The number of amides is 3. The van der Waals surface area contributed by atoms with Crippen molar-refractivity contribution in [2.75, 3.05) is 48.3 Å². The van der Waals surface area contributed by atoms with Crippen molar-refractivity contribution < 1.29 is 9.59 Å². The van der Waals surface area contributed by atoms with Gasteiger partial charge in [0.25, 0.3) is 5.91 Å². The highest BCUT2D eigenvalue weighted by Crippen LogP contribution is 2.39.